The van der Waals surface area contributed by atoms with E-state index >= 15 is 0 Å². The number of amides is 2. The number of halogens is 1. The van der Waals surface area contributed by atoms with Crippen LogP contribution >= 0.6 is 11.6 Å². The maximum absolute atomic E-state index is 13.9. The molecule has 0 spiro atoms. The Morgan fingerprint density at radius 3 is 2.18 bits per heavy atom. The van der Waals surface area contributed by atoms with Gasteiger partial charge in [-0.3, -0.25) is 13.9 Å². The van der Waals surface area contributed by atoms with Gasteiger partial charge in [-0.25, -0.2) is 8.42 Å². The second kappa shape index (κ2) is 12.9. The molecule has 1 atom stereocenters. The van der Waals surface area contributed by atoms with Crippen molar-refractivity contribution in [2.45, 2.75) is 51.6 Å². The van der Waals surface area contributed by atoms with Crippen LogP contribution in [0, 0.1) is 13.8 Å². The molecule has 0 aliphatic heterocycles. The normalized spacial score (nSPS) is 12.0. The van der Waals surface area contributed by atoms with Crippen LogP contribution in [0.3, 0.4) is 0 Å². The topological polar surface area (TPSA) is 86.8 Å². The highest BCUT2D eigenvalue weighted by molar-refractivity contribution is 7.92. The quantitative estimate of drug-likeness (QED) is 0.357. The first-order chi connectivity index (χ1) is 18.0. The molecule has 3 rings (SSSR count). The summed E-state index contributed by atoms with van der Waals surface area (Å²) in [5, 5.41) is 3.24. The van der Waals surface area contributed by atoms with Crippen molar-refractivity contribution >= 4 is 39.1 Å². The highest BCUT2D eigenvalue weighted by Gasteiger charge is 2.32. The van der Waals surface area contributed by atoms with Crippen molar-refractivity contribution in [2.24, 2.45) is 0 Å². The van der Waals surface area contributed by atoms with E-state index in [0.717, 1.165) is 27.4 Å². The molecule has 0 radical (unpaired) electrons. The fourth-order valence-corrected chi connectivity index (χ4v) is 5.56. The Balaban J connectivity index is 2.02. The number of hydrogen-bond donors (Lipinski definition) is 1. The molecule has 0 fully saturated rings. The van der Waals surface area contributed by atoms with Crippen LogP contribution in [-0.2, 0) is 26.2 Å². The molecule has 0 saturated carbocycles. The molecule has 0 bridgehead atoms. The Labute approximate surface area is 230 Å². The van der Waals surface area contributed by atoms with Crippen LogP contribution in [-0.4, -0.2) is 44.3 Å². The number of rotatable bonds is 11. The van der Waals surface area contributed by atoms with Crippen LogP contribution in [0.2, 0.25) is 5.02 Å². The van der Waals surface area contributed by atoms with E-state index < -0.39 is 28.5 Å². The molecular weight excluding hydrogens is 522 g/mol. The van der Waals surface area contributed by atoms with E-state index in [1.807, 2.05) is 51.1 Å². The summed E-state index contributed by atoms with van der Waals surface area (Å²) in [5.41, 5.74) is 3.06. The number of carbonyl (C=O) groups is 2. The van der Waals surface area contributed by atoms with Crippen molar-refractivity contribution in [3.8, 4) is 0 Å². The van der Waals surface area contributed by atoms with Gasteiger partial charge in [0.25, 0.3) is 10.0 Å². The van der Waals surface area contributed by atoms with Crippen molar-refractivity contribution in [2.75, 3.05) is 17.4 Å². The van der Waals surface area contributed by atoms with Gasteiger partial charge in [-0.15, -0.1) is 0 Å². The zero-order valence-electron chi connectivity index (χ0n) is 22.1. The lowest BCUT2D eigenvalue weighted by Gasteiger charge is -2.32. The molecule has 1 N–H and O–H groups in total. The van der Waals surface area contributed by atoms with Gasteiger partial charge < -0.3 is 10.2 Å². The summed E-state index contributed by atoms with van der Waals surface area (Å²) in [6.45, 7) is 7.56. The monoisotopic (exact) mass is 555 g/mol. The number of carbonyl (C=O) groups excluding carboxylic acids is 2. The smallest absolute Gasteiger partial charge is 0.264 e. The summed E-state index contributed by atoms with van der Waals surface area (Å²) < 4.78 is 28.7. The third kappa shape index (κ3) is 7.36. The molecule has 7 nitrogen and oxygen atoms in total. The van der Waals surface area contributed by atoms with Gasteiger partial charge in [0.2, 0.25) is 11.8 Å². The standard InChI is InChI=1S/C29H34ClN3O4S/c1-5-16-31-29(35)23(4)32(19-24-10-6-8-21(2)17-24)28(34)20-33(26-11-7-9-22(3)18-26)38(36,37)27-14-12-25(30)13-15-27/h6-15,17-18,23H,5,16,19-20H2,1-4H3,(H,31,35)/t23-/m1/s1. The van der Waals surface area contributed by atoms with Crippen molar-refractivity contribution in [3.63, 3.8) is 0 Å². The average Bonchev–Trinajstić information content (AvgIpc) is 2.88. The van der Waals surface area contributed by atoms with Crippen LogP contribution in [0.5, 0.6) is 0 Å². The molecule has 0 heterocycles. The van der Waals surface area contributed by atoms with E-state index in [9.17, 15) is 18.0 Å². The van der Waals surface area contributed by atoms with Crippen LogP contribution < -0.4 is 9.62 Å². The highest BCUT2D eigenvalue weighted by atomic mass is 35.5. The SMILES string of the molecule is CCCNC(=O)[C@@H](C)N(Cc1cccc(C)c1)C(=O)CN(c1cccc(C)c1)S(=O)(=O)c1ccc(Cl)cc1. The van der Waals surface area contributed by atoms with Gasteiger partial charge in [0, 0.05) is 18.1 Å². The number of hydrogen-bond acceptors (Lipinski definition) is 4. The number of nitrogens with one attached hydrogen (secondary N) is 1. The molecule has 0 aliphatic rings. The Bertz CT molecular complexity index is 1380. The van der Waals surface area contributed by atoms with E-state index in [0.29, 0.717) is 17.3 Å². The molecule has 0 saturated heterocycles. The molecule has 2 amide bonds. The first-order valence-corrected chi connectivity index (χ1v) is 14.3. The van der Waals surface area contributed by atoms with Gasteiger partial charge in [-0.1, -0.05) is 60.5 Å². The minimum Gasteiger partial charge on any atom is -0.354 e. The molecule has 38 heavy (non-hydrogen) atoms. The Morgan fingerprint density at radius 2 is 1.58 bits per heavy atom. The maximum Gasteiger partial charge on any atom is 0.264 e. The summed E-state index contributed by atoms with van der Waals surface area (Å²) in [4.78, 5) is 28.2. The van der Waals surface area contributed by atoms with Crippen molar-refractivity contribution in [1.82, 2.24) is 10.2 Å². The van der Waals surface area contributed by atoms with Gasteiger partial charge in [0.05, 0.1) is 10.6 Å². The van der Waals surface area contributed by atoms with Crippen LogP contribution in [0.1, 0.15) is 37.0 Å². The zero-order valence-corrected chi connectivity index (χ0v) is 23.7. The summed E-state index contributed by atoms with van der Waals surface area (Å²) in [6, 6.07) is 19.6. The van der Waals surface area contributed by atoms with Crippen molar-refractivity contribution in [1.29, 1.82) is 0 Å². The van der Waals surface area contributed by atoms with E-state index in [1.54, 1.807) is 25.1 Å². The lowest BCUT2D eigenvalue weighted by atomic mass is 10.1. The third-order valence-electron chi connectivity index (χ3n) is 6.12. The van der Waals surface area contributed by atoms with Crippen LogP contribution in [0.25, 0.3) is 0 Å². The summed E-state index contributed by atoms with van der Waals surface area (Å²) >= 11 is 5.99. The number of anilines is 1. The van der Waals surface area contributed by atoms with Gasteiger partial charge in [0.1, 0.15) is 12.6 Å². The summed E-state index contributed by atoms with van der Waals surface area (Å²) in [6.07, 6.45) is 0.755. The van der Waals surface area contributed by atoms with Crippen molar-refractivity contribution in [3.05, 3.63) is 94.5 Å². The van der Waals surface area contributed by atoms with Crippen LogP contribution in [0.15, 0.2) is 77.7 Å². The Hall–Kier alpha value is -3.36. The predicted molar refractivity (Wildman–Crippen MR) is 152 cm³/mol. The molecule has 202 valence electrons. The molecule has 3 aromatic carbocycles. The fraction of sp³-hybridized carbons (Fsp3) is 0.310. The lowest BCUT2D eigenvalue weighted by Crippen LogP contribution is -2.51. The Morgan fingerprint density at radius 1 is 0.947 bits per heavy atom. The molecule has 9 heteroatoms. The first kappa shape index (κ1) is 29.2. The number of benzene rings is 3. The second-order valence-corrected chi connectivity index (χ2v) is 11.6. The molecule has 0 aliphatic carbocycles. The van der Waals surface area contributed by atoms with Gasteiger partial charge >= 0.3 is 0 Å². The molecule has 0 aromatic heterocycles. The Kier molecular flexibility index (Phi) is 9.94. The van der Waals surface area contributed by atoms with Gasteiger partial charge in [-0.2, -0.15) is 0 Å². The molecular formula is C29H34ClN3O4S. The van der Waals surface area contributed by atoms with Crippen molar-refractivity contribution < 1.29 is 18.0 Å². The number of nitrogens with zero attached hydrogens (tertiary/aromatic N) is 2. The zero-order chi connectivity index (χ0) is 27.9. The van der Waals surface area contributed by atoms with Crippen LogP contribution in [0.4, 0.5) is 5.69 Å². The number of sulfonamides is 1. The van der Waals surface area contributed by atoms with Gasteiger partial charge in [0.15, 0.2) is 0 Å². The molecule has 3 aromatic rings. The third-order valence-corrected chi connectivity index (χ3v) is 8.16. The number of aryl methyl sites for hydroxylation is 2. The maximum atomic E-state index is 13.9. The van der Waals surface area contributed by atoms with E-state index in [2.05, 4.69) is 5.32 Å². The van der Waals surface area contributed by atoms with Gasteiger partial charge in [-0.05, 0) is 74.7 Å². The minimum absolute atomic E-state index is 0.00942. The molecule has 0 unspecified atom stereocenters. The first-order valence-electron chi connectivity index (χ1n) is 12.5. The highest BCUT2D eigenvalue weighted by Crippen LogP contribution is 2.26. The second-order valence-electron chi connectivity index (χ2n) is 9.28. The minimum atomic E-state index is -4.13. The van der Waals surface area contributed by atoms with E-state index in [-0.39, 0.29) is 17.3 Å². The lowest BCUT2D eigenvalue weighted by molar-refractivity contribution is -0.139. The fourth-order valence-electron chi connectivity index (χ4n) is 4.03. The predicted octanol–water partition coefficient (Wildman–Crippen LogP) is 5.10. The summed E-state index contributed by atoms with van der Waals surface area (Å²) in [7, 11) is -4.13. The van der Waals surface area contributed by atoms with E-state index in [4.69, 9.17) is 11.6 Å². The largest absolute Gasteiger partial charge is 0.354 e. The van der Waals surface area contributed by atoms with E-state index in [1.165, 1.54) is 29.2 Å². The average molecular weight is 556 g/mol. The summed E-state index contributed by atoms with van der Waals surface area (Å²) in [5.74, 6) is -0.791.